The molecule has 2 aromatic rings. The molecular formula is C16H22N2O8P2. The Morgan fingerprint density at radius 3 is 1.25 bits per heavy atom. The van der Waals surface area contributed by atoms with Crippen LogP contribution in [0.1, 0.15) is 0 Å². The Morgan fingerprint density at radius 2 is 0.964 bits per heavy atom. The molecule has 0 aliphatic carbocycles. The number of anilines is 2. The lowest BCUT2D eigenvalue weighted by atomic mass is 10.0. The molecule has 12 heteroatoms. The third-order valence-corrected chi connectivity index (χ3v) is 6.30. The fraction of sp³-hybridized carbons (Fsp3) is 0.250. The van der Waals surface area contributed by atoms with Gasteiger partial charge in [0, 0.05) is 28.4 Å². The minimum Gasteiger partial charge on any atom is -0.402 e. The van der Waals surface area contributed by atoms with Gasteiger partial charge in [0.2, 0.25) is 0 Å². The average Bonchev–Trinajstić information content (AvgIpc) is 2.71. The first-order valence-electron chi connectivity index (χ1n) is 7.81. The molecule has 0 unspecified atom stereocenters. The van der Waals surface area contributed by atoms with Crippen molar-refractivity contribution in [1.29, 1.82) is 0 Å². The summed E-state index contributed by atoms with van der Waals surface area (Å²) >= 11 is 0. The van der Waals surface area contributed by atoms with E-state index in [0.29, 0.717) is 11.1 Å². The number of hydrogen-bond acceptors (Lipinski definition) is 10. The number of rotatable bonds is 9. The fourth-order valence-corrected chi connectivity index (χ4v) is 3.52. The fourth-order valence-electron chi connectivity index (χ4n) is 2.13. The highest BCUT2D eigenvalue weighted by atomic mass is 31.2. The summed E-state index contributed by atoms with van der Waals surface area (Å²) in [5, 5.41) is 0. The van der Waals surface area contributed by atoms with E-state index in [1.165, 1.54) is 28.4 Å². The zero-order valence-corrected chi connectivity index (χ0v) is 17.6. The molecule has 10 nitrogen and oxygen atoms in total. The maximum Gasteiger partial charge on any atom is 0.529 e. The third-order valence-electron chi connectivity index (χ3n) is 3.68. The highest BCUT2D eigenvalue weighted by Gasteiger charge is 2.27. The van der Waals surface area contributed by atoms with Gasteiger partial charge < -0.3 is 20.5 Å². The minimum atomic E-state index is -3.79. The summed E-state index contributed by atoms with van der Waals surface area (Å²) in [6, 6.07) is 9.62. The Balaban J connectivity index is 2.43. The molecule has 0 heterocycles. The molecule has 0 saturated carbocycles. The van der Waals surface area contributed by atoms with Crippen molar-refractivity contribution in [3.8, 4) is 22.6 Å². The van der Waals surface area contributed by atoms with Gasteiger partial charge in [0.05, 0.1) is 11.4 Å². The van der Waals surface area contributed by atoms with E-state index in [1.54, 1.807) is 36.4 Å². The van der Waals surface area contributed by atoms with Crippen LogP contribution in [0, 0.1) is 0 Å². The molecule has 0 spiro atoms. The van der Waals surface area contributed by atoms with Crippen LogP contribution in [0.4, 0.5) is 11.4 Å². The molecule has 0 fully saturated rings. The molecule has 2 rings (SSSR count). The number of nitrogens with two attached hydrogens (primary N) is 2. The van der Waals surface area contributed by atoms with Gasteiger partial charge >= 0.3 is 15.6 Å². The second kappa shape index (κ2) is 8.96. The summed E-state index contributed by atoms with van der Waals surface area (Å²) in [5.74, 6) is 0.201. The first kappa shape index (κ1) is 22.2. The van der Waals surface area contributed by atoms with Crippen LogP contribution in [0.5, 0.6) is 11.5 Å². The van der Waals surface area contributed by atoms with Gasteiger partial charge in [-0.3, -0.25) is 18.1 Å². The van der Waals surface area contributed by atoms with Crippen molar-refractivity contribution in [2.45, 2.75) is 0 Å². The van der Waals surface area contributed by atoms with E-state index < -0.39 is 15.6 Å². The molecule has 0 atom stereocenters. The van der Waals surface area contributed by atoms with Gasteiger partial charge in [-0.25, -0.2) is 9.13 Å². The maximum atomic E-state index is 12.2. The second-order valence-electron chi connectivity index (χ2n) is 5.31. The molecule has 28 heavy (non-hydrogen) atoms. The van der Waals surface area contributed by atoms with Crippen molar-refractivity contribution < 1.29 is 36.3 Å². The normalized spacial score (nSPS) is 12.0. The van der Waals surface area contributed by atoms with E-state index in [2.05, 4.69) is 0 Å². The van der Waals surface area contributed by atoms with E-state index in [-0.39, 0.29) is 22.9 Å². The van der Waals surface area contributed by atoms with Gasteiger partial charge in [-0.1, -0.05) is 12.1 Å². The van der Waals surface area contributed by atoms with Gasteiger partial charge in [0.15, 0.2) is 11.5 Å². The highest BCUT2D eigenvalue weighted by molar-refractivity contribution is 7.49. The van der Waals surface area contributed by atoms with E-state index >= 15 is 0 Å². The summed E-state index contributed by atoms with van der Waals surface area (Å²) in [5.41, 5.74) is 13.5. The van der Waals surface area contributed by atoms with E-state index in [1.807, 2.05) is 0 Å². The molecule has 0 aromatic heterocycles. The van der Waals surface area contributed by atoms with Gasteiger partial charge in [-0.15, -0.1) is 0 Å². The first-order chi connectivity index (χ1) is 13.2. The molecule has 0 bridgehead atoms. The second-order valence-corrected chi connectivity index (χ2v) is 8.93. The molecule has 0 saturated heterocycles. The van der Waals surface area contributed by atoms with Gasteiger partial charge in [-0.2, -0.15) is 0 Å². The van der Waals surface area contributed by atoms with Crippen LogP contribution in [-0.2, 0) is 27.2 Å². The van der Waals surface area contributed by atoms with Crippen molar-refractivity contribution in [2.24, 2.45) is 0 Å². The lowest BCUT2D eigenvalue weighted by molar-refractivity contribution is 0.210. The van der Waals surface area contributed by atoms with Crippen molar-refractivity contribution in [3.05, 3.63) is 36.4 Å². The lowest BCUT2D eigenvalue weighted by Gasteiger charge is -2.18. The van der Waals surface area contributed by atoms with E-state index in [0.717, 1.165) is 0 Å². The predicted octanol–water partition coefficient (Wildman–Crippen LogP) is 4.08. The Morgan fingerprint density at radius 1 is 0.643 bits per heavy atom. The quantitative estimate of drug-likeness (QED) is 0.440. The molecule has 4 N–H and O–H groups in total. The van der Waals surface area contributed by atoms with Crippen molar-refractivity contribution in [1.82, 2.24) is 0 Å². The average molecular weight is 432 g/mol. The molecular weight excluding hydrogens is 410 g/mol. The standard InChI is InChI=1S/C16H22N2O8P2/c1-21-27(19,22-2)25-15-9-11(5-7-13(15)17)12-6-8-14(18)16(10-12)26-28(20,23-3)24-4/h5-10H,17-18H2,1-4H3. The third kappa shape index (κ3) is 5.05. The number of benzene rings is 2. The minimum absolute atomic E-state index is 0.100. The first-order valence-corrected chi connectivity index (χ1v) is 10.7. The number of nitrogen functional groups attached to an aromatic ring is 2. The Labute approximate surface area is 162 Å². The summed E-state index contributed by atoms with van der Waals surface area (Å²) in [7, 11) is -2.81. The molecule has 154 valence electrons. The SMILES string of the molecule is COP(=O)(OC)Oc1cc(-c2ccc(N)c(OP(=O)(OC)OC)c2)ccc1N. The van der Waals surface area contributed by atoms with Crippen LogP contribution >= 0.6 is 15.6 Å². The van der Waals surface area contributed by atoms with Gasteiger partial charge in [-0.05, 0) is 35.4 Å². The van der Waals surface area contributed by atoms with Crippen LogP contribution in [0.2, 0.25) is 0 Å². The van der Waals surface area contributed by atoms with Gasteiger partial charge in [0.25, 0.3) is 0 Å². The van der Waals surface area contributed by atoms with Crippen LogP contribution in [-0.4, -0.2) is 28.4 Å². The van der Waals surface area contributed by atoms with Crippen molar-refractivity contribution in [2.75, 3.05) is 39.9 Å². The zero-order valence-electron chi connectivity index (χ0n) is 15.8. The summed E-state index contributed by atoms with van der Waals surface area (Å²) < 4.78 is 54.1. The molecule has 0 radical (unpaired) electrons. The Kier molecular flexibility index (Phi) is 7.11. The van der Waals surface area contributed by atoms with Crippen LogP contribution in [0.3, 0.4) is 0 Å². The lowest BCUT2D eigenvalue weighted by Crippen LogP contribution is -2.01. The highest BCUT2D eigenvalue weighted by Crippen LogP contribution is 2.51. The van der Waals surface area contributed by atoms with E-state index in [4.69, 9.17) is 38.6 Å². The topological polar surface area (TPSA) is 142 Å². The number of phosphoric ester groups is 2. The molecule has 0 aliphatic rings. The van der Waals surface area contributed by atoms with E-state index in [9.17, 15) is 9.13 Å². The number of hydrogen-bond donors (Lipinski definition) is 2. The maximum absolute atomic E-state index is 12.2. The number of phosphoric acid groups is 2. The Bertz CT molecular complexity index is 845. The molecule has 0 aliphatic heterocycles. The smallest absolute Gasteiger partial charge is 0.402 e. The molecule has 2 aromatic carbocycles. The van der Waals surface area contributed by atoms with Crippen LogP contribution in [0.15, 0.2) is 36.4 Å². The predicted molar refractivity (Wildman–Crippen MR) is 105 cm³/mol. The van der Waals surface area contributed by atoms with Crippen molar-refractivity contribution in [3.63, 3.8) is 0 Å². The largest absolute Gasteiger partial charge is 0.529 e. The molecule has 0 amide bonds. The summed E-state index contributed by atoms with van der Waals surface area (Å²) in [6.45, 7) is 0. The Hall–Kier alpha value is -2.06. The van der Waals surface area contributed by atoms with Crippen LogP contribution < -0.4 is 20.5 Å². The van der Waals surface area contributed by atoms with Crippen LogP contribution in [0.25, 0.3) is 11.1 Å². The summed E-state index contributed by atoms with van der Waals surface area (Å²) in [4.78, 5) is 0. The van der Waals surface area contributed by atoms with Crippen molar-refractivity contribution >= 4 is 27.0 Å². The summed E-state index contributed by atoms with van der Waals surface area (Å²) in [6.07, 6.45) is 0. The van der Waals surface area contributed by atoms with Gasteiger partial charge in [0.1, 0.15) is 0 Å². The monoisotopic (exact) mass is 432 g/mol. The zero-order chi connectivity index (χ0) is 20.9.